The Hall–Kier alpha value is -7.46. The van der Waals surface area contributed by atoms with Crippen molar-refractivity contribution in [2.45, 2.75) is 109 Å². The maximum Gasteiger partial charge on any atom is 0.194 e. The van der Waals surface area contributed by atoms with Gasteiger partial charge in [0.2, 0.25) is 0 Å². The predicted molar refractivity (Wildman–Crippen MR) is 289 cm³/mol. The van der Waals surface area contributed by atoms with Crippen molar-refractivity contribution in [1.82, 2.24) is 0 Å². The molecule has 0 radical (unpaired) electrons. The maximum absolute atomic E-state index is 13.8. The van der Waals surface area contributed by atoms with E-state index in [0.717, 1.165) is 56.3 Å². The van der Waals surface area contributed by atoms with Crippen molar-refractivity contribution in [2.24, 2.45) is 0 Å². The Balaban J connectivity index is 1.11. The lowest BCUT2D eigenvalue weighted by molar-refractivity contribution is 0.103. The Kier molecular flexibility index (Phi) is 14.8. The molecule has 350 valence electrons. The average molecular weight is 963 g/mol. The molecular weight excluding hydrogens is 909 g/mol. The minimum Gasteiger partial charge on any atom is -0.289 e. The molecule has 6 nitrogen and oxygen atoms in total. The summed E-state index contributed by atoms with van der Waals surface area (Å²) in [5.74, 6) is -0.363. The van der Waals surface area contributed by atoms with Gasteiger partial charge in [0.25, 0.3) is 0 Å². The molecule has 3 aliphatic carbocycles. The van der Waals surface area contributed by atoms with Crippen LogP contribution in [0.25, 0.3) is 55.3 Å². The molecule has 2 heterocycles. The quantitative estimate of drug-likeness (QED) is 0.0479. The van der Waals surface area contributed by atoms with E-state index in [1.54, 1.807) is 46.9 Å². The molecule has 2 aromatic heterocycles. The van der Waals surface area contributed by atoms with Gasteiger partial charge in [-0.2, -0.15) is 21.0 Å². The van der Waals surface area contributed by atoms with E-state index in [-0.39, 0.29) is 28.1 Å². The van der Waals surface area contributed by atoms with Crippen molar-refractivity contribution >= 4 is 57.5 Å². The normalized spacial score (nSPS) is 15.0. The summed E-state index contributed by atoms with van der Waals surface area (Å²) in [5, 5.41) is 39.7. The zero-order chi connectivity index (χ0) is 49.5. The largest absolute Gasteiger partial charge is 0.289 e. The van der Waals surface area contributed by atoms with Crippen LogP contribution in [0.15, 0.2) is 131 Å². The Bertz CT molecular complexity index is 3140. The third kappa shape index (κ3) is 9.35. The second-order valence-electron chi connectivity index (χ2n) is 18.9. The summed E-state index contributed by atoms with van der Waals surface area (Å²) in [6.07, 6.45) is 20.3. The van der Waals surface area contributed by atoms with Crippen LogP contribution in [0, 0.1) is 45.3 Å². The summed E-state index contributed by atoms with van der Waals surface area (Å²) < 4.78 is 0. The predicted octanol–water partition coefficient (Wildman–Crippen LogP) is 17.1. The third-order valence-electron chi connectivity index (χ3n) is 14.5. The zero-order valence-electron chi connectivity index (χ0n) is 40.4. The highest BCUT2D eigenvalue weighted by Crippen LogP contribution is 2.56. The summed E-state index contributed by atoms with van der Waals surface area (Å²) in [4.78, 5) is 31.5. The molecule has 0 bridgehead atoms. The number of ketones is 2. The number of benzene rings is 4. The SMILES string of the molecule is CCCCCCCCC1(CCCCCCCC)c2cc(-c3ccc(/C=C4\C(=O)c5ccccc5C4=C(C#N)C#N)s3)ccc2-c2ccc(-c3ccc(/C=C4\C(=O)c5ccccc5C4=C(C#N)C#N)s3)cc21. The average Bonchev–Trinajstić information content (AvgIpc) is 4.23. The Morgan fingerprint density at radius 2 is 0.845 bits per heavy atom. The maximum atomic E-state index is 13.8. The van der Waals surface area contributed by atoms with E-state index in [4.69, 9.17) is 0 Å². The lowest BCUT2D eigenvalue weighted by atomic mass is 9.70. The van der Waals surface area contributed by atoms with Crippen LogP contribution in [0.1, 0.15) is 156 Å². The van der Waals surface area contributed by atoms with Crippen molar-refractivity contribution in [3.8, 4) is 56.3 Å². The number of carbonyl (C=O) groups excluding carboxylic acids is 2. The molecule has 4 aromatic carbocycles. The molecule has 0 saturated carbocycles. The molecule has 0 aliphatic heterocycles. The number of fused-ring (bicyclic) bond motifs is 5. The van der Waals surface area contributed by atoms with Crippen molar-refractivity contribution in [2.75, 3.05) is 0 Å². The van der Waals surface area contributed by atoms with Crippen molar-refractivity contribution in [1.29, 1.82) is 21.0 Å². The van der Waals surface area contributed by atoms with Crippen LogP contribution in [-0.4, -0.2) is 11.6 Å². The number of nitriles is 4. The highest BCUT2D eigenvalue weighted by Gasteiger charge is 2.43. The number of hydrogen-bond acceptors (Lipinski definition) is 8. The molecule has 3 aliphatic rings. The molecule has 0 unspecified atom stereocenters. The number of nitrogens with zero attached hydrogens (tertiary/aromatic N) is 4. The number of thiophene rings is 2. The fourth-order valence-corrected chi connectivity index (χ4v) is 12.9. The number of rotatable bonds is 18. The van der Waals surface area contributed by atoms with Gasteiger partial charge in [-0.05, 0) is 106 Å². The number of allylic oxidation sites excluding steroid dienone is 6. The second-order valence-corrected chi connectivity index (χ2v) is 21.1. The molecule has 0 N–H and O–H groups in total. The van der Waals surface area contributed by atoms with Gasteiger partial charge in [-0.3, -0.25) is 9.59 Å². The molecule has 0 spiro atoms. The second kappa shape index (κ2) is 21.7. The van der Waals surface area contributed by atoms with Gasteiger partial charge in [-0.15, -0.1) is 22.7 Å². The van der Waals surface area contributed by atoms with E-state index in [9.17, 15) is 30.6 Å². The highest BCUT2D eigenvalue weighted by atomic mass is 32.1. The van der Waals surface area contributed by atoms with Crippen molar-refractivity contribution in [3.05, 3.63) is 175 Å². The zero-order valence-corrected chi connectivity index (χ0v) is 42.0. The Labute approximate surface area is 425 Å². The van der Waals surface area contributed by atoms with Gasteiger partial charge >= 0.3 is 0 Å². The Morgan fingerprint density at radius 1 is 0.465 bits per heavy atom. The lowest BCUT2D eigenvalue weighted by Gasteiger charge is -2.33. The molecular formula is C63H54N4O2S2. The molecule has 0 amide bonds. The van der Waals surface area contributed by atoms with E-state index < -0.39 is 0 Å². The van der Waals surface area contributed by atoms with Gasteiger partial charge in [-0.25, -0.2) is 0 Å². The van der Waals surface area contributed by atoms with E-state index in [1.165, 1.54) is 86.5 Å². The molecule has 8 heteroatoms. The van der Waals surface area contributed by atoms with Gasteiger partial charge in [0, 0.05) is 58.3 Å². The van der Waals surface area contributed by atoms with Crippen LogP contribution in [0.5, 0.6) is 0 Å². The monoisotopic (exact) mass is 962 g/mol. The van der Waals surface area contributed by atoms with Crippen molar-refractivity contribution in [3.63, 3.8) is 0 Å². The number of carbonyl (C=O) groups is 2. The summed E-state index contributed by atoms with van der Waals surface area (Å²) in [6, 6.07) is 44.8. The third-order valence-corrected chi connectivity index (χ3v) is 16.7. The van der Waals surface area contributed by atoms with E-state index >= 15 is 0 Å². The number of hydrogen-bond donors (Lipinski definition) is 0. The first-order valence-corrected chi connectivity index (χ1v) is 26.7. The first-order valence-electron chi connectivity index (χ1n) is 25.1. The van der Waals surface area contributed by atoms with E-state index in [0.29, 0.717) is 44.5 Å². The van der Waals surface area contributed by atoms with E-state index in [1.807, 2.05) is 72.8 Å². The summed E-state index contributed by atoms with van der Waals surface area (Å²) in [7, 11) is 0. The van der Waals surface area contributed by atoms with Crippen LogP contribution in [0.3, 0.4) is 0 Å². The fraction of sp³-hybridized carbons (Fsp3) is 0.270. The molecule has 9 rings (SSSR count). The first-order chi connectivity index (χ1) is 34.8. The number of unbranched alkanes of at least 4 members (excludes halogenated alkanes) is 10. The van der Waals surface area contributed by atoms with Crippen LogP contribution < -0.4 is 0 Å². The fourth-order valence-electron chi connectivity index (χ4n) is 11.0. The van der Waals surface area contributed by atoms with Gasteiger partial charge in [0.15, 0.2) is 11.6 Å². The van der Waals surface area contributed by atoms with Gasteiger partial charge < -0.3 is 0 Å². The van der Waals surface area contributed by atoms with Crippen LogP contribution >= 0.6 is 22.7 Å². The molecule has 0 atom stereocenters. The van der Waals surface area contributed by atoms with Gasteiger partial charge in [-0.1, -0.05) is 164 Å². The highest BCUT2D eigenvalue weighted by molar-refractivity contribution is 7.16. The number of Topliss-reactive ketones (excluding diaryl/α,β-unsaturated/α-hetero) is 2. The summed E-state index contributed by atoms with van der Waals surface area (Å²) in [6.45, 7) is 4.53. The minimum absolute atomic E-state index is 0.0679. The van der Waals surface area contributed by atoms with E-state index in [2.05, 4.69) is 62.4 Å². The summed E-state index contributed by atoms with van der Waals surface area (Å²) >= 11 is 3.22. The van der Waals surface area contributed by atoms with Crippen LogP contribution in [0.4, 0.5) is 0 Å². The summed E-state index contributed by atoms with van der Waals surface area (Å²) in [5.41, 5.74) is 11.0. The minimum atomic E-state index is -0.213. The lowest BCUT2D eigenvalue weighted by Crippen LogP contribution is -2.25. The van der Waals surface area contributed by atoms with Gasteiger partial charge in [0.1, 0.15) is 35.4 Å². The smallest absolute Gasteiger partial charge is 0.194 e. The van der Waals surface area contributed by atoms with Gasteiger partial charge in [0.05, 0.1) is 0 Å². The van der Waals surface area contributed by atoms with Crippen LogP contribution in [-0.2, 0) is 5.41 Å². The molecule has 0 saturated heterocycles. The Morgan fingerprint density at radius 3 is 1.24 bits per heavy atom. The molecule has 0 fully saturated rings. The van der Waals surface area contributed by atoms with Crippen LogP contribution in [0.2, 0.25) is 0 Å². The first kappa shape index (κ1) is 48.6. The topological polar surface area (TPSA) is 129 Å². The molecule has 6 aromatic rings. The van der Waals surface area contributed by atoms with Crippen molar-refractivity contribution < 1.29 is 9.59 Å². The standard InChI is InChI=1S/C63H54N4O2S2/c1-3-5-7-9-11-17-31-63(32-18-12-10-8-6-4-2)55-33-41(57-29-25-45(70-57)35-53-59(43(37-64)38-65)49-19-13-15-21-51(49)61(53)68)23-27-47(55)48-28-24-42(34-56(48)63)58-30-26-46(71-58)36-54-60(44(39-66)40-67)50-20-14-16-22-52(50)62(54)69/h13-16,19-30,33-36H,3-12,17-18,31-32H2,1-2H3/b53-35-,54-36-. The molecule has 71 heavy (non-hydrogen) atoms.